The summed E-state index contributed by atoms with van der Waals surface area (Å²) in [7, 11) is 1.32. The molecule has 1 fully saturated rings. The third-order valence-corrected chi connectivity index (χ3v) is 9.70. The van der Waals surface area contributed by atoms with Crippen molar-refractivity contribution in [1.29, 1.82) is 0 Å². The number of rotatable bonds is 12. The van der Waals surface area contributed by atoms with E-state index in [9.17, 15) is 32.5 Å². The van der Waals surface area contributed by atoms with Crippen LogP contribution in [0, 0.1) is 18.6 Å². The van der Waals surface area contributed by atoms with E-state index < -0.39 is 107 Å². The normalized spacial score (nSPS) is 20.5. The predicted molar refractivity (Wildman–Crippen MR) is 198 cm³/mol. The van der Waals surface area contributed by atoms with E-state index in [0.717, 1.165) is 18.2 Å². The average molecular weight is 762 g/mol. The van der Waals surface area contributed by atoms with Gasteiger partial charge in [0.05, 0.1) is 28.2 Å². The molecule has 6 nitrogen and oxygen atoms in total. The zero-order valence-electron chi connectivity index (χ0n) is 38.7. The lowest BCUT2D eigenvalue weighted by Gasteiger charge is -2.40. The number of thioether (sulfide) groups is 1. The van der Waals surface area contributed by atoms with Crippen LogP contribution >= 0.6 is 11.8 Å². The summed E-state index contributed by atoms with van der Waals surface area (Å²) in [6.45, 7) is -7.50. The van der Waals surface area contributed by atoms with Gasteiger partial charge in [-0.05, 0) is 66.7 Å². The maximum atomic E-state index is 15.3. The summed E-state index contributed by atoms with van der Waals surface area (Å²) in [6.07, 6.45) is -6.78. The number of anilines is 1. The minimum atomic E-state index is -4.58. The molecule has 4 aromatic carbocycles. The summed E-state index contributed by atoms with van der Waals surface area (Å²) in [4.78, 5) is 17.9. The number of piperidine rings is 1. The van der Waals surface area contributed by atoms with Crippen LogP contribution in [0.2, 0.25) is 0 Å². The summed E-state index contributed by atoms with van der Waals surface area (Å²) in [5.74, 6) is -4.55. The molecule has 1 saturated heterocycles. The number of carbonyl (C=O) groups excluding carboxylic acids is 1. The van der Waals surface area contributed by atoms with Gasteiger partial charge in [0.2, 0.25) is 5.91 Å². The van der Waals surface area contributed by atoms with E-state index in [1.54, 1.807) is 0 Å². The highest BCUT2D eigenvalue weighted by Crippen LogP contribution is 2.41. The Kier molecular flexibility index (Phi) is 8.70. The van der Waals surface area contributed by atoms with Crippen molar-refractivity contribution >= 4 is 23.4 Å². The van der Waals surface area contributed by atoms with Crippen molar-refractivity contribution in [2.45, 2.75) is 50.3 Å². The molecule has 6 rings (SSSR count). The van der Waals surface area contributed by atoms with Gasteiger partial charge >= 0.3 is 6.18 Å². The lowest BCUT2D eigenvalue weighted by atomic mass is 9.99. The summed E-state index contributed by atoms with van der Waals surface area (Å²) in [5, 5.41) is 10.9. The Bertz CT molecular complexity index is 2400. The Labute approximate surface area is 324 Å². The highest BCUT2D eigenvalue weighted by molar-refractivity contribution is 8.02. The molecule has 2 aliphatic rings. The van der Waals surface area contributed by atoms with Crippen molar-refractivity contribution < 1.29 is 50.3 Å². The van der Waals surface area contributed by atoms with Crippen LogP contribution in [0.15, 0.2) is 95.9 Å². The third kappa shape index (κ3) is 9.29. The largest absolute Gasteiger partial charge is 0.416 e. The Hall–Kier alpha value is -4.23. The lowest BCUT2D eigenvalue weighted by Crippen LogP contribution is -2.50. The van der Waals surface area contributed by atoms with Gasteiger partial charge in [0.25, 0.3) is 0 Å². The number of amides is 1. The van der Waals surface area contributed by atoms with Crippen LogP contribution in [0.5, 0.6) is 0 Å². The SMILES string of the molecule is [2H]C1=C(SCc2cccc(F)c2F)N(C([2H])([2H])C(=O)N(C2CCN(C([2H])([2H])COC)CC2)C([2H])([2H])c2ccc(-c3ccc(C(F)(F)F)cc3)cc2)c2c([2H])c([2H])c(C)c([2H])c2C1O. The average Bonchev–Trinajstić information content (AvgIpc) is 3.23. The highest BCUT2D eigenvalue weighted by Gasteiger charge is 2.33. The van der Waals surface area contributed by atoms with E-state index in [0.29, 0.717) is 32.7 Å². The van der Waals surface area contributed by atoms with Gasteiger partial charge < -0.3 is 24.5 Å². The number of carbonyl (C=O) groups is 1. The molecular formula is C41H42F5N3O3S. The van der Waals surface area contributed by atoms with E-state index in [1.807, 2.05) is 0 Å². The second-order valence-electron chi connectivity index (χ2n) is 12.3. The summed E-state index contributed by atoms with van der Waals surface area (Å²) in [5.41, 5.74) is -1.82. The number of methoxy groups -OCH3 is 1. The van der Waals surface area contributed by atoms with Gasteiger partial charge in [0, 0.05) is 64.5 Å². The van der Waals surface area contributed by atoms with Crippen molar-refractivity contribution in [1.82, 2.24) is 9.80 Å². The molecule has 0 radical (unpaired) electrons. The Morgan fingerprint density at radius 3 is 2.38 bits per heavy atom. The number of ether oxygens (including phenoxy) is 1. The summed E-state index contributed by atoms with van der Waals surface area (Å²) >= 11 is 0.505. The molecule has 0 spiro atoms. The molecule has 2 aliphatic heterocycles. The lowest BCUT2D eigenvalue weighted by molar-refractivity contribution is -0.137. The van der Waals surface area contributed by atoms with Crippen LogP contribution in [-0.4, -0.2) is 66.7 Å². The summed E-state index contributed by atoms with van der Waals surface area (Å²) in [6, 6.07) is 9.13. The second kappa shape index (κ2) is 16.8. The number of halogens is 5. The number of alkyl halides is 3. The van der Waals surface area contributed by atoms with Crippen LogP contribution < -0.4 is 4.90 Å². The first-order valence-electron chi connectivity index (χ1n) is 21.6. The molecule has 0 aromatic heterocycles. The molecule has 1 amide bonds. The Balaban J connectivity index is 1.48. The smallest absolute Gasteiger partial charge is 0.384 e. The first kappa shape index (κ1) is 27.4. The van der Waals surface area contributed by atoms with Gasteiger partial charge in [-0.3, -0.25) is 4.79 Å². The summed E-state index contributed by atoms with van der Waals surface area (Å²) < 4.78 is 165. The van der Waals surface area contributed by atoms with Gasteiger partial charge in [0.15, 0.2) is 11.6 Å². The van der Waals surface area contributed by atoms with Gasteiger partial charge in [-0.15, -0.1) is 11.8 Å². The van der Waals surface area contributed by atoms with Gasteiger partial charge in [0.1, 0.15) is 12.6 Å². The van der Waals surface area contributed by atoms with E-state index in [1.165, 1.54) is 67.5 Å². The van der Waals surface area contributed by atoms with Crippen molar-refractivity contribution in [3.05, 3.63) is 135 Å². The third-order valence-electron chi connectivity index (χ3n) is 8.67. The van der Waals surface area contributed by atoms with Crippen LogP contribution in [0.1, 0.15) is 60.5 Å². The molecule has 0 saturated carbocycles. The van der Waals surface area contributed by atoms with Crippen LogP contribution in [0.3, 0.4) is 0 Å². The standard InChI is InChI=1S/C41H42F5N3O3S/c1-27-6-15-36-34(22-27)37(50)23-39(53-26-31-4-3-5-35(42)40(31)43)49(36)25-38(51)48(33-16-18-47(19-17-33)20-21-52-2)24-28-7-9-29(10-8-28)30-11-13-32(14-12-30)41(44,45)46/h3-15,22-23,33,37,50H,16-21,24-26H2,1-2H3/i6D,15D,20D2,22D,23D,24D2,25D2. The molecule has 0 aliphatic carbocycles. The monoisotopic (exact) mass is 761 g/mol. The molecule has 1 atom stereocenters. The first-order chi connectivity index (χ1) is 29.4. The fraction of sp³-hybridized carbons (Fsp3) is 0.341. The van der Waals surface area contributed by atoms with Gasteiger partial charge in [-0.2, -0.15) is 13.2 Å². The molecule has 1 unspecified atom stereocenters. The van der Waals surface area contributed by atoms with Crippen molar-refractivity contribution in [3.63, 3.8) is 0 Å². The molecule has 280 valence electrons. The van der Waals surface area contributed by atoms with E-state index in [-0.39, 0.29) is 49.2 Å². The molecule has 53 heavy (non-hydrogen) atoms. The molecule has 2 heterocycles. The van der Waals surface area contributed by atoms with Crippen molar-refractivity contribution in [2.24, 2.45) is 0 Å². The van der Waals surface area contributed by atoms with Crippen molar-refractivity contribution in [3.8, 4) is 11.1 Å². The topological polar surface area (TPSA) is 56.3 Å². The zero-order chi connectivity index (χ0) is 46.6. The maximum absolute atomic E-state index is 15.3. The number of nitrogens with zero attached hydrogens (tertiary/aromatic N) is 3. The minimum Gasteiger partial charge on any atom is -0.384 e. The number of likely N-dealkylation sites (tertiary alicyclic amines) is 1. The molecule has 1 N–H and O–H groups in total. The molecule has 4 aromatic rings. The maximum Gasteiger partial charge on any atom is 0.416 e. The van der Waals surface area contributed by atoms with Crippen LogP contribution in [0.25, 0.3) is 11.1 Å². The number of aliphatic hydroxyl groups is 1. The Morgan fingerprint density at radius 2 is 1.72 bits per heavy atom. The number of hydrogen-bond acceptors (Lipinski definition) is 6. The van der Waals surface area contributed by atoms with E-state index >= 15 is 4.79 Å². The van der Waals surface area contributed by atoms with Crippen LogP contribution in [0.4, 0.5) is 27.6 Å². The molecule has 0 bridgehead atoms. The minimum absolute atomic E-state index is 0.0485. The Morgan fingerprint density at radius 1 is 1.04 bits per heavy atom. The first-order valence-corrected chi connectivity index (χ1v) is 17.6. The zero-order valence-corrected chi connectivity index (χ0v) is 29.5. The molecular weight excluding hydrogens is 710 g/mol. The fourth-order valence-corrected chi connectivity index (χ4v) is 6.86. The fourth-order valence-electron chi connectivity index (χ4n) is 5.88. The van der Waals surface area contributed by atoms with Crippen LogP contribution in [-0.2, 0) is 28.0 Å². The number of hydrogen-bond donors (Lipinski definition) is 1. The number of aliphatic hydroxyl groups excluding tert-OH is 1. The predicted octanol–water partition coefficient (Wildman–Crippen LogP) is 8.73. The van der Waals surface area contributed by atoms with Gasteiger partial charge in [-0.1, -0.05) is 66.2 Å². The quantitative estimate of drug-likeness (QED) is 0.146. The second-order valence-corrected chi connectivity index (χ2v) is 13.3. The van der Waals surface area contributed by atoms with Crippen molar-refractivity contribution in [2.75, 3.05) is 44.7 Å². The number of fused-ring (bicyclic) bond motifs is 1. The highest BCUT2D eigenvalue weighted by atomic mass is 32.2. The number of benzene rings is 4. The van der Waals surface area contributed by atoms with E-state index in [4.69, 9.17) is 13.0 Å². The van der Waals surface area contributed by atoms with E-state index in [2.05, 4.69) is 0 Å². The van der Waals surface area contributed by atoms with Gasteiger partial charge in [-0.25, -0.2) is 8.78 Å². The molecule has 12 heteroatoms.